The monoisotopic (exact) mass is 175 g/mol. The Morgan fingerprint density at radius 3 is 3.00 bits per heavy atom. The zero-order chi connectivity index (χ0) is 9.68. The molecule has 1 aromatic rings. The van der Waals surface area contributed by atoms with Gasteiger partial charge in [-0.15, -0.1) is 0 Å². The number of rotatable bonds is 3. The van der Waals surface area contributed by atoms with Crippen molar-refractivity contribution >= 4 is 11.8 Å². The molecule has 0 bridgehead atoms. The normalized spacial score (nSPS) is 8.69. The maximum Gasteiger partial charge on any atom is 0.240 e. The van der Waals surface area contributed by atoms with Gasteiger partial charge < -0.3 is 4.74 Å². The van der Waals surface area contributed by atoms with Gasteiger partial charge in [0.1, 0.15) is 5.75 Å². The molecule has 0 amide bonds. The van der Waals surface area contributed by atoms with Gasteiger partial charge in [-0.25, -0.2) is 4.79 Å². The van der Waals surface area contributed by atoms with Gasteiger partial charge >= 0.3 is 0 Å². The highest BCUT2D eigenvalue weighted by Crippen LogP contribution is 2.18. The van der Waals surface area contributed by atoms with Gasteiger partial charge in [0.15, 0.2) is 0 Å². The third kappa shape index (κ3) is 2.29. The molecule has 0 aliphatic rings. The summed E-state index contributed by atoms with van der Waals surface area (Å²) in [6.45, 7) is 3.61. The van der Waals surface area contributed by atoms with Crippen molar-refractivity contribution in [2.45, 2.75) is 0 Å². The first-order valence-corrected chi connectivity index (χ1v) is 3.69. The summed E-state index contributed by atoms with van der Waals surface area (Å²) in [7, 11) is 1.57. The number of carbonyl (C=O) groups excluding carboxylic acids is 1. The maximum atomic E-state index is 9.96. The molecule has 0 aromatic heterocycles. The Balaban J connectivity index is 3.01. The maximum absolute atomic E-state index is 9.96. The minimum Gasteiger partial charge on any atom is -0.497 e. The molecule has 1 aromatic carbocycles. The van der Waals surface area contributed by atoms with E-state index in [-0.39, 0.29) is 0 Å². The molecule has 13 heavy (non-hydrogen) atoms. The Morgan fingerprint density at radius 2 is 2.38 bits per heavy atom. The van der Waals surface area contributed by atoms with Crippen molar-refractivity contribution in [3.05, 3.63) is 36.4 Å². The lowest BCUT2D eigenvalue weighted by atomic mass is 10.2. The number of aliphatic imine (C=N–C) groups is 1. The Labute approximate surface area is 76.4 Å². The fourth-order valence-electron chi connectivity index (χ4n) is 0.922. The van der Waals surface area contributed by atoms with E-state index in [9.17, 15) is 4.79 Å². The zero-order valence-electron chi connectivity index (χ0n) is 7.28. The van der Waals surface area contributed by atoms with Crippen LogP contribution >= 0.6 is 0 Å². The summed E-state index contributed by atoms with van der Waals surface area (Å²) in [6.07, 6.45) is 1.44. The Kier molecular flexibility index (Phi) is 3.01. The van der Waals surface area contributed by atoms with Crippen molar-refractivity contribution < 1.29 is 9.53 Å². The van der Waals surface area contributed by atoms with Gasteiger partial charge in [0.05, 0.1) is 12.8 Å². The third-order valence-corrected chi connectivity index (χ3v) is 1.58. The number of nitrogens with zero attached hydrogens (tertiary/aromatic N) is 1. The van der Waals surface area contributed by atoms with Gasteiger partial charge in [0, 0.05) is 5.56 Å². The van der Waals surface area contributed by atoms with Crippen LogP contribution in [0.4, 0.5) is 0 Å². The molecule has 0 saturated heterocycles. The van der Waals surface area contributed by atoms with E-state index in [4.69, 9.17) is 4.74 Å². The second kappa shape index (κ2) is 4.24. The van der Waals surface area contributed by atoms with Crippen LogP contribution in [0.3, 0.4) is 0 Å². The molecule has 0 unspecified atom stereocenters. The molecule has 3 nitrogen and oxygen atoms in total. The molecule has 0 atom stereocenters. The fourth-order valence-corrected chi connectivity index (χ4v) is 0.922. The number of ether oxygens (including phenoxy) is 1. The Bertz CT molecular complexity index is 365. The summed E-state index contributed by atoms with van der Waals surface area (Å²) in [5.74, 6) is 0.708. The zero-order valence-corrected chi connectivity index (χ0v) is 7.28. The van der Waals surface area contributed by atoms with E-state index in [2.05, 4.69) is 11.6 Å². The van der Waals surface area contributed by atoms with Crippen LogP contribution in [0, 0.1) is 0 Å². The van der Waals surface area contributed by atoms with E-state index in [0.717, 1.165) is 5.56 Å². The molecular formula is C10H9NO2. The largest absolute Gasteiger partial charge is 0.497 e. The van der Waals surface area contributed by atoms with Crippen LogP contribution in [-0.2, 0) is 4.79 Å². The van der Waals surface area contributed by atoms with Gasteiger partial charge in [-0.3, -0.25) is 0 Å². The fraction of sp³-hybridized carbons (Fsp3) is 0.100. The number of hydrogen-bond acceptors (Lipinski definition) is 3. The van der Waals surface area contributed by atoms with E-state index in [1.165, 1.54) is 6.08 Å². The van der Waals surface area contributed by atoms with Crippen LogP contribution in [0.5, 0.6) is 5.75 Å². The van der Waals surface area contributed by atoms with Crippen molar-refractivity contribution in [3.8, 4) is 5.75 Å². The van der Waals surface area contributed by atoms with Crippen molar-refractivity contribution in [1.29, 1.82) is 0 Å². The lowest BCUT2D eigenvalue weighted by Gasteiger charge is -2.01. The summed E-state index contributed by atoms with van der Waals surface area (Å²) in [5, 5.41) is 0. The average molecular weight is 175 g/mol. The second-order valence-electron chi connectivity index (χ2n) is 2.38. The molecule has 0 aliphatic carbocycles. The van der Waals surface area contributed by atoms with Crippen LogP contribution < -0.4 is 4.74 Å². The van der Waals surface area contributed by atoms with Crippen LogP contribution in [0.1, 0.15) is 5.56 Å². The van der Waals surface area contributed by atoms with Gasteiger partial charge in [0.25, 0.3) is 0 Å². The Hall–Kier alpha value is -1.86. The standard InChI is InChI=1S/C10H9NO2/c1-8(11-7-12)9-4-3-5-10(6-9)13-2/h3-6H,1H2,2H3. The summed E-state index contributed by atoms with van der Waals surface area (Å²) >= 11 is 0. The van der Waals surface area contributed by atoms with Crippen molar-refractivity contribution in [2.75, 3.05) is 7.11 Å². The van der Waals surface area contributed by atoms with Crippen molar-refractivity contribution in [1.82, 2.24) is 0 Å². The number of isocyanates is 1. The van der Waals surface area contributed by atoms with Gasteiger partial charge in [-0.2, -0.15) is 4.99 Å². The third-order valence-electron chi connectivity index (χ3n) is 1.58. The van der Waals surface area contributed by atoms with Gasteiger partial charge in [0.2, 0.25) is 6.08 Å². The highest BCUT2D eigenvalue weighted by atomic mass is 16.5. The van der Waals surface area contributed by atoms with E-state index in [1.807, 2.05) is 0 Å². The summed E-state index contributed by atoms with van der Waals surface area (Å²) in [5.41, 5.74) is 1.14. The van der Waals surface area contributed by atoms with E-state index < -0.39 is 0 Å². The molecule has 0 N–H and O–H groups in total. The molecule has 0 fully saturated rings. The lowest BCUT2D eigenvalue weighted by Crippen LogP contribution is -1.84. The molecule has 0 radical (unpaired) electrons. The van der Waals surface area contributed by atoms with Gasteiger partial charge in [-0.05, 0) is 12.1 Å². The molecule has 1 rings (SSSR count). The summed E-state index contributed by atoms with van der Waals surface area (Å²) < 4.78 is 5.00. The van der Waals surface area contributed by atoms with E-state index in [1.54, 1.807) is 31.4 Å². The van der Waals surface area contributed by atoms with E-state index >= 15 is 0 Å². The highest BCUT2D eigenvalue weighted by Gasteiger charge is 1.98. The lowest BCUT2D eigenvalue weighted by molar-refractivity contribution is 0.414. The quantitative estimate of drug-likeness (QED) is 0.520. The first-order valence-electron chi connectivity index (χ1n) is 3.69. The molecule has 0 spiro atoms. The van der Waals surface area contributed by atoms with Gasteiger partial charge in [-0.1, -0.05) is 18.7 Å². The second-order valence-corrected chi connectivity index (χ2v) is 2.38. The SMILES string of the molecule is C=C(N=C=O)c1cccc(OC)c1. The number of methoxy groups -OCH3 is 1. The predicted octanol–water partition coefficient (Wildman–Crippen LogP) is 2.00. The summed E-state index contributed by atoms with van der Waals surface area (Å²) in [4.78, 5) is 13.4. The van der Waals surface area contributed by atoms with Crippen LogP contribution in [0.25, 0.3) is 5.70 Å². The molecule has 0 saturated carbocycles. The molecule has 0 heterocycles. The molecular weight excluding hydrogens is 166 g/mol. The van der Waals surface area contributed by atoms with Crippen molar-refractivity contribution in [2.24, 2.45) is 4.99 Å². The Morgan fingerprint density at radius 1 is 1.62 bits per heavy atom. The van der Waals surface area contributed by atoms with Crippen LogP contribution in [-0.4, -0.2) is 13.2 Å². The van der Waals surface area contributed by atoms with Crippen LogP contribution in [0.2, 0.25) is 0 Å². The topological polar surface area (TPSA) is 38.7 Å². The molecule has 3 heteroatoms. The minimum atomic E-state index is 0.383. The van der Waals surface area contributed by atoms with E-state index in [0.29, 0.717) is 11.4 Å². The first-order chi connectivity index (χ1) is 6.27. The minimum absolute atomic E-state index is 0.383. The predicted molar refractivity (Wildman–Crippen MR) is 50.1 cm³/mol. The smallest absolute Gasteiger partial charge is 0.240 e. The molecule has 0 aliphatic heterocycles. The van der Waals surface area contributed by atoms with Crippen molar-refractivity contribution in [3.63, 3.8) is 0 Å². The average Bonchev–Trinajstić information content (AvgIpc) is 2.18. The first kappa shape index (κ1) is 9.23. The molecule has 66 valence electrons. The number of benzene rings is 1. The number of hydrogen-bond donors (Lipinski definition) is 0. The summed E-state index contributed by atoms with van der Waals surface area (Å²) in [6, 6.07) is 7.16. The highest BCUT2D eigenvalue weighted by molar-refractivity contribution is 5.67. The van der Waals surface area contributed by atoms with Crippen LogP contribution in [0.15, 0.2) is 35.8 Å².